The van der Waals surface area contributed by atoms with Crippen LogP contribution in [0.1, 0.15) is 60.2 Å². The summed E-state index contributed by atoms with van der Waals surface area (Å²) in [6.45, 7) is 6.99. The molecule has 0 bridgehead atoms. The highest BCUT2D eigenvalue weighted by molar-refractivity contribution is 5.96. The third-order valence-electron chi connectivity index (χ3n) is 5.16. The molecule has 2 aromatic rings. The number of Topliss-reactive ketones (excluding diaryl/α,β-unsaturated/α-hetero) is 1. The number of rotatable bonds is 6. The Labute approximate surface area is 162 Å². The number of amides is 1. The van der Waals surface area contributed by atoms with Crippen molar-refractivity contribution in [2.75, 3.05) is 11.4 Å². The lowest BCUT2D eigenvalue weighted by Crippen LogP contribution is -2.36. The van der Waals surface area contributed by atoms with Gasteiger partial charge in [-0.25, -0.2) is 0 Å². The molecule has 3 rings (SSSR count). The molecule has 0 N–H and O–H groups in total. The fraction of sp³-hybridized carbons (Fsp3) is 0.417. The van der Waals surface area contributed by atoms with Crippen LogP contribution in [0.15, 0.2) is 42.5 Å². The van der Waals surface area contributed by atoms with Gasteiger partial charge in [0.15, 0.2) is 5.78 Å². The van der Waals surface area contributed by atoms with Crippen molar-refractivity contribution in [3.63, 3.8) is 0 Å². The summed E-state index contributed by atoms with van der Waals surface area (Å²) in [5.74, 6) is 0.768. The molecule has 1 aliphatic rings. The number of carbonyl (C=O) groups excluding carboxylic acids is 2. The molecule has 1 heterocycles. The van der Waals surface area contributed by atoms with Crippen LogP contribution in [-0.2, 0) is 17.6 Å². The third kappa shape index (κ3) is 4.85. The van der Waals surface area contributed by atoms with E-state index in [1.807, 2.05) is 36.1 Å². The molecule has 0 atom stereocenters. The number of hydrogen-bond donors (Lipinski definition) is 0. The number of hydrogen-bond acceptors (Lipinski definition) is 2. The standard InChI is InChI=1S/C24H29NO2/c1-17(2)15-24(27)25-14-4-5-21-16-19(8-12-22(21)25)9-13-23(26)20-10-6-18(3)7-11-20/h6-8,10-12,16-17H,4-5,9,13-15H2,1-3H3. The van der Waals surface area contributed by atoms with Gasteiger partial charge in [0.2, 0.25) is 5.91 Å². The van der Waals surface area contributed by atoms with Gasteiger partial charge in [0.25, 0.3) is 0 Å². The fourth-order valence-electron chi connectivity index (χ4n) is 3.67. The summed E-state index contributed by atoms with van der Waals surface area (Å²) in [5, 5.41) is 0. The van der Waals surface area contributed by atoms with Gasteiger partial charge in [0.1, 0.15) is 0 Å². The van der Waals surface area contributed by atoms with Crippen molar-refractivity contribution in [1.29, 1.82) is 0 Å². The van der Waals surface area contributed by atoms with Crippen LogP contribution in [0.4, 0.5) is 5.69 Å². The highest BCUT2D eigenvalue weighted by atomic mass is 16.2. The lowest BCUT2D eigenvalue weighted by molar-refractivity contribution is -0.119. The maximum atomic E-state index is 12.5. The Balaban J connectivity index is 1.67. The van der Waals surface area contributed by atoms with Gasteiger partial charge in [-0.15, -0.1) is 0 Å². The second-order valence-electron chi connectivity index (χ2n) is 8.00. The number of ketones is 1. The predicted octanol–water partition coefficient (Wildman–Crippen LogP) is 5.14. The monoisotopic (exact) mass is 363 g/mol. The van der Waals surface area contributed by atoms with Crippen LogP contribution in [0, 0.1) is 12.8 Å². The number of nitrogens with zero attached hydrogens (tertiary/aromatic N) is 1. The third-order valence-corrected chi connectivity index (χ3v) is 5.16. The molecular formula is C24H29NO2. The number of benzene rings is 2. The van der Waals surface area contributed by atoms with Crippen LogP contribution >= 0.6 is 0 Å². The van der Waals surface area contributed by atoms with Crippen molar-refractivity contribution < 1.29 is 9.59 Å². The molecule has 1 amide bonds. The van der Waals surface area contributed by atoms with E-state index in [2.05, 4.69) is 32.0 Å². The van der Waals surface area contributed by atoms with Crippen molar-refractivity contribution in [3.05, 3.63) is 64.7 Å². The number of fused-ring (bicyclic) bond motifs is 1. The SMILES string of the molecule is Cc1ccc(C(=O)CCc2ccc3c(c2)CCCN3C(=O)CC(C)C)cc1. The Kier molecular flexibility index (Phi) is 6.10. The Morgan fingerprint density at radius 1 is 1.07 bits per heavy atom. The van der Waals surface area contributed by atoms with Gasteiger partial charge in [-0.05, 0) is 49.3 Å². The van der Waals surface area contributed by atoms with Crippen molar-refractivity contribution >= 4 is 17.4 Å². The van der Waals surface area contributed by atoms with Gasteiger partial charge < -0.3 is 4.90 Å². The maximum Gasteiger partial charge on any atom is 0.227 e. The van der Waals surface area contributed by atoms with Crippen LogP contribution in [-0.4, -0.2) is 18.2 Å². The van der Waals surface area contributed by atoms with E-state index >= 15 is 0 Å². The first-order valence-electron chi connectivity index (χ1n) is 9.96. The summed E-state index contributed by atoms with van der Waals surface area (Å²) in [6.07, 6.45) is 3.84. The Morgan fingerprint density at radius 3 is 2.52 bits per heavy atom. The summed E-state index contributed by atoms with van der Waals surface area (Å²) >= 11 is 0. The van der Waals surface area contributed by atoms with Crippen LogP contribution < -0.4 is 4.90 Å². The van der Waals surface area contributed by atoms with Crippen molar-refractivity contribution in [2.24, 2.45) is 5.92 Å². The molecule has 3 heteroatoms. The molecule has 1 aliphatic heterocycles. The van der Waals surface area contributed by atoms with Crippen LogP contribution in [0.5, 0.6) is 0 Å². The molecule has 2 aromatic carbocycles. The number of anilines is 1. The van der Waals surface area contributed by atoms with Gasteiger partial charge in [-0.1, -0.05) is 55.8 Å². The van der Waals surface area contributed by atoms with Crippen LogP contribution in [0.3, 0.4) is 0 Å². The van der Waals surface area contributed by atoms with Crippen LogP contribution in [0.2, 0.25) is 0 Å². The summed E-state index contributed by atoms with van der Waals surface area (Å²) in [7, 11) is 0. The van der Waals surface area contributed by atoms with E-state index in [1.165, 1.54) is 11.1 Å². The normalized spacial score (nSPS) is 13.6. The molecule has 0 spiro atoms. The Hall–Kier alpha value is -2.42. The molecule has 27 heavy (non-hydrogen) atoms. The van der Waals surface area contributed by atoms with E-state index in [0.29, 0.717) is 18.8 Å². The van der Waals surface area contributed by atoms with Gasteiger partial charge in [-0.2, -0.15) is 0 Å². The molecule has 0 saturated carbocycles. The zero-order valence-corrected chi connectivity index (χ0v) is 16.6. The van der Waals surface area contributed by atoms with Gasteiger partial charge in [-0.3, -0.25) is 9.59 Å². The van der Waals surface area contributed by atoms with Crippen molar-refractivity contribution in [2.45, 2.75) is 52.9 Å². The highest BCUT2D eigenvalue weighted by Gasteiger charge is 2.23. The molecule has 3 nitrogen and oxygen atoms in total. The largest absolute Gasteiger partial charge is 0.312 e. The van der Waals surface area contributed by atoms with Gasteiger partial charge in [0.05, 0.1) is 0 Å². The second-order valence-corrected chi connectivity index (χ2v) is 8.00. The number of carbonyl (C=O) groups is 2. The molecule has 0 aromatic heterocycles. The first-order chi connectivity index (χ1) is 12.9. The minimum Gasteiger partial charge on any atom is -0.312 e. The maximum absolute atomic E-state index is 12.5. The molecular weight excluding hydrogens is 334 g/mol. The zero-order valence-electron chi connectivity index (χ0n) is 16.6. The van der Waals surface area contributed by atoms with E-state index < -0.39 is 0 Å². The van der Waals surface area contributed by atoms with E-state index in [0.717, 1.165) is 42.6 Å². The zero-order chi connectivity index (χ0) is 19.4. The summed E-state index contributed by atoms with van der Waals surface area (Å²) in [4.78, 5) is 26.9. The summed E-state index contributed by atoms with van der Waals surface area (Å²) in [6, 6.07) is 14.1. The van der Waals surface area contributed by atoms with Gasteiger partial charge in [0, 0.05) is 30.6 Å². The molecule has 0 saturated heterocycles. The molecule has 0 unspecified atom stereocenters. The Morgan fingerprint density at radius 2 is 1.81 bits per heavy atom. The first-order valence-corrected chi connectivity index (χ1v) is 9.96. The second kappa shape index (κ2) is 8.51. The predicted molar refractivity (Wildman–Crippen MR) is 110 cm³/mol. The van der Waals surface area contributed by atoms with Crippen molar-refractivity contribution in [1.82, 2.24) is 0 Å². The lowest BCUT2D eigenvalue weighted by atomic mass is 9.95. The summed E-state index contributed by atoms with van der Waals surface area (Å²) in [5.41, 5.74) is 5.41. The minimum atomic E-state index is 0.182. The molecule has 0 aliphatic carbocycles. The Bertz CT molecular complexity index is 821. The van der Waals surface area contributed by atoms with Crippen molar-refractivity contribution in [3.8, 4) is 0 Å². The van der Waals surface area contributed by atoms with Gasteiger partial charge >= 0.3 is 0 Å². The van der Waals surface area contributed by atoms with Crippen LogP contribution in [0.25, 0.3) is 0 Å². The van der Waals surface area contributed by atoms with E-state index in [1.54, 1.807) is 0 Å². The first kappa shape index (κ1) is 19.3. The lowest BCUT2D eigenvalue weighted by Gasteiger charge is -2.30. The summed E-state index contributed by atoms with van der Waals surface area (Å²) < 4.78 is 0. The molecule has 0 fully saturated rings. The molecule has 142 valence electrons. The highest BCUT2D eigenvalue weighted by Crippen LogP contribution is 2.29. The minimum absolute atomic E-state index is 0.182. The van der Waals surface area contributed by atoms with E-state index in [-0.39, 0.29) is 11.7 Å². The fourth-order valence-corrected chi connectivity index (χ4v) is 3.67. The van der Waals surface area contributed by atoms with E-state index in [9.17, 15) is 9.59 Å². The molecule has 0 radical (unpaired) electrons. The number of aryl methyl sites for hydroxylation is 3. The smallest absolute Gasteiger partial charge is 0.227 e. The van der Waals surface area contributed by atoms with E-state index in [4.69, 9.17) is 0 Å². The topological polar surface area (TPSA) is 37.4 Å². The quantitative estimate of drug-likeness (QED) is 0.667. The average Bonchev–Trinajstić information content (AvgIpc) is 2.65. The average molecular weight is 364 g/mol.